The maximum absolute atomic E-state index is 13.4. The fourth-order valence-electron chi connectivity index (χ4n) is 4.75. The quantitative estimate of drug-likeness (QED) is 0.433. The number of carbonyl (C=O) groups excluding carboxylic acids is 1. The van der Waals surface area contributed by atoms with Crippen LogP contribution in [-0.2, 0) is 11.8 Å². The molecule has 2 aliphatic heterocycles. The minimum atomic E-state index is -4.38. The zero-order valence-corrected chi connectivity index (χ0v) is 24.1. The molecule has 214 valence electrons. The molecule has 2 aromatic heterocycles. The van der Waals surface area contributed by atoms with Gasteiger partial charge in [-0.2, -0.15) is 23.7 Å². The summed E-state index contributed by atoms with van der Waals surface area (Å²) in [5.74, 6) is 1.16. The van der Waals surface area contributed by atoms with Gasteiger partial charge in [-0.25, -0.2) is 4.98 Å². The van der Waals surface area contributed by atoms with Gasteiger partial charge in [0, 0.05) is 31.5 Å². The Morgan fingerprint density at radius 3 is 2.62 bits per heavy atom. The highest BCUT2D eigenvalue weighted by atomic mass is 32.2. The molecule has 0 spiro atoms. The molecule has 1 fully saturated rings. The highest BCUT2D eigenvalue weighted by Crippen LogP contribution is 2.39. The molecule has 2 unspecified atom stereocenters. The van der Waals surface area contributed by atoms with Crippen molar-refractivity contribution in [2.75, 3.05) is 23.1 Å². The van der Waals surface area contributed by atoms with Gasteiger partial charge in [-0.3, -0.25) is 19.2 Å². The Morgan fingerprint density at radius 2 is 2.03 bits per heavy atom. The Hall–Kier alpha value is -2.77. The van der Waals surface area contributed by atoms with E-state index in [0.29, 0.717) is 23.1 Å². The van der Waals surface area contributed by atoms with Crippen LogP contribution in [0.3, 0.4) is 0 Å². The second-order valence-corrected chi connectivity index (χ2v) is 12.4. The van der Waals surface area contributed by atoms with E-state index in [4.69, 9.17) is 9.72 Å². The lowest BCUT2D eigenvalue weighted by atomic mass is 9.94. The topological polar surface area (TPSA) is 87.5 Å². The summed E-state index contributed by atoms with van der Waals surface area (Å²) in [5.41, 5.74) is 2.05. The number of hydrogen-bond donors (Lipinski definition) is 2. The Morgan fingerprint density at radius 1 is 1.31 bits per heavy atom. The standard InChI is InChI=1S/C26H36F3N7O2S/c1-16-12-25(5,6)35(13-16)22-18(23(37)33-39-19-14-34(7)31-17(19)2)8-9-20(30-22)36-11-10-21(32-36)38-15-24(3,4)26(27,28)29/h8-11,14,16,21,32H,12-13,15H2,1-7H3,(H,33,37). The summed E-state index contributed by atoms with van der Waals surface area (Å²) in [7, 11) is 1.82. The molecule has 4 heterocycles. The lowest BCUT2D eigenvalue weighted by Crippen LogP contribution is -2.43. The third-order valence-electron chi connectivity index (χ3n) is 6.97. The molecule has 4 rings (SSSR count). The van der Waals surface area contributed by atoms with E-state index in [2.05, 4.69) is 40.9 Å². The number of rotatable bonds is 8. The van der Waals surface area contributed by atoms with Crippen molar-refractivity contribution in [2.24, 2.45) is 18.4 Å². The maximum Gasteiger partial charge on any atom is 0.396 e. The number of amides is 1. The number of halogens is 3. The molecule has 13 heteroatoms. The van der Waals surface area contributed by atoms with Crippen molar-refractivity contribution in [1.29, 1.82) is 0 Å². The second-order valence-electron chi connectivity index (χ2n) is 11.5. The van der Waals surface area contributed by atoms with Gasteiger partial charge in [0.15, 0.2) is 0 Å². The van der Waals surface area contributed by atoms with E-state index in [1.54, 1.807) is 34.1 Å². The van der Waals surface area contributed by atoms with Crippen LogP contribution in [0.4, 0.5) is 24.8 Å². The van der Waals surface area contributed by atoms with E-state index in [1.807, 2.05) is 20.2 Å². The molecule has 39 heavy (non-hydrogen) atoms. The first-order valence-electron chi connectivity index (χ1n) is 12.8. The highest BCUT2D eigenvalue weighted by molar-refractivity contribution is 7.98. The van der Waals surface area contributed by atoms with Crippen LogP contribution in [0, 0.1) is 18.3 Å². The number of carbonyl (C=O) groups is 1. The second kappa shape index (κ2) is 10.7. The Balaban J connectivity index is 1.54. The molecule has 1 saturated heterocycles. The summed E-state index contributed by atoms with van der Waals surface area (Å²) in [6.45, 7) is 10.7. The predicted octanol–water partition coefficient (Wildman–Crippen LogP) is 4.95. The Labute approximate surface area is 231 Å². The fourth-order valence-corrected chi connectivity index (χ4v) is 5.46. The van der Waals surface area contributed by atoms with Crippen molar-refractivity contribution < 1.29 is 22.7 Å². The molecule has 2 N–H and O–H groups in total. The molecule has 0 aliphatic carbocycles. The summed E-state index contributed by atoms with van der Waals surface area (Å²) in [5, 5.41) is 5.90. The van der Waals surface area contributed by atoms with Crippen LogP contribution in [0.1, 0.15) is 57.1 Å². The van der Waals surface area contributed by atoms with Gasteiger partial charge < -0.3 is 9.64 Å². The van der Waals surface area contributed by atoms with Gasteiger partial charge in [-0.1, -0.05) is 6.92 Å². The fraction of sp³-hybridized carbons (Fsp3) is 0.577. The molecule has 0 aromatic carbocycles. The first-order chi connectivity index (χ1) is 18.1. The average molecular weight is 568 g/mol. The zero-order chi connectivity index (χ0) is 28.8. The number of hydrogen-bond acceptors (Lipinski definition) is 8. The van der Waals surface area contributed by atoms with Crippen LogP contribution in [0.15, 0.2) is 35.5 Å². The number of nitrogens with zero attached hydrogens (tertiary/aromatic N) is 5. The summed E-state index contributed by atoms with van der Waals surface area (Å²) >= 11 is 1.20. The van der Waals surface area contributed by atoms with Crippen LogP contribution in [0.5, 0.6) is 0 Å². The number of aryl methyl sites for hydroxylation is 2. The number of nitrogens with one attached hydrogen (secondary N) is 2. The van der Waals surface area contributed by atoms with Gasteiger partial charge in [-0.05, 0) is 77.1 Å². The molecule has 9 nitrogen and oxygen atoms in total. The summed E-state index contributed by atoms with van der Waals surface area (Å²) in [6.07, 6.45) is 0.945. The molecular weight excluding hydrogens is 531 g/mol. The summed E-state index contributed by atoms with van der Waals surface area (Å²) < 4.78 is 49.8. The van der Waals surface area contributed by atoms with Gasteiger partial charge >= 0.3 is 6.18 Å². The minimum absolute atomic E-state index is 0.226. The normalized spacial score (nSPS) is 21.2. The van der Waals surface area contributed by atoms with Crippen molar-refractivity contribution in [3.8, 4) is 0 Å². The van der Waals surface area contributed by atoms with Crippen molar-refractivity contribution in [2.45, 2.75) is 70.8 Å². The van der Waals surface area contributed by atoms with Gasteiger partial charge in [0.2, 0.25) is 0 Å². The summed E-state index contributed by atoms with van der Waals surface area (Å²) in [6, 6.07) is 3.42. The van der Waals surface area contributed by atoms with Crippen LogP contribution < -0.4 is 20.1 Å². The highest BCUT2D eigenvalue weighted by Gasteiger charge is 2.48. The van der Waals surface area contributed by atoms with Gasteiger partial charge in [0.05, 0.1) is 28.2 Å². The zero-order valence-electron chi connectivity index (χ0n) is 23.3. The third kappa shape index (κ3) is 6.36. The van der Waals surface area contributed by atoms with Crippen molar-refractivity contribution >= 4 is 29.5 Å². The van der Waals surface area contributed by atoms with Crippen molar-refractivity contribution in [1.82, 2.24) is 24.9 Å². The molecule has 1 amide bonds. The van der Waals surface area contributed by atoms with Gasteiger partial charge in [0.1, 0.15) is 17.9 Å². The first-order valence-corrected chi connectivity index (χ1v) is 13.6. The molecule has 2 aromatic rings. The average Bonchev–Trinajstić information content (AvgIpc) is 3.51. The molecule has 0 bridgehead atoms. The minimum Gasteiger partial charge on any atom is -0.357 e. The first kappa shape index (κ1) is 29.2. The van der Waals surface area contributed by atoms with E-state index in [9.17, 15) is 18.0 Å². The largest absolute Gasteiger partial charge is 0.396 e. The van der Waals surface area contributed by atoms with Gasteiger partial charge in [0.25, 0.3) is 5.91 Å². The summed E-state index contributed by atoms with van der Waals surface area (Å²) in [4.78, 5) is 21.2. The number of ether oxygens (including phenoxy) is 1. The lowest BCUT2D eigenvalue weighted by Gasteiger charge is -2.34. The van der Waals surface area contributed by atoms with Crippen LogP contribution in [0.25, 0.3) is 0 Å². The van der Waals surface area contributed by atoms with E-state index >= 15 is 0 Å². The van der Waals surface area contributed by atoms with E-state index in [0.717, 1.165) is 37.4 Å². The third-order valence-corrected chi connectivity index (χ3v) is 7.88. The lowest BCUT2D eigenvalue weighted by molar-refractivity contribution is -0.230. The smallest absolute Gasteiger partial charge is 0.357 e. The predicted molar refractivity (Wildman–Crippen MR) is 145 cm³/mol. The monoisotopic (exact) mass is 567 g/mol. The van der Waals surface area contributed by atoms with E-state index < -0.39 is 24.4 Å². The number of anilines is 2. The number of pyridine rings is 1. The SMILES string of the molecule is Cc1nn(C)cc1SNC(=O)c1ccc(N2C=CC(OCC(C)(C)C(F)(F)F)N2)nc1N1CC(C)CC1(C)C. The Kier molecular flexibility index (Phi) is 7.99. The molecule has 0 radical (unpaired) electrons. The Bertz CT molecular complexity index is 1240. The van der Waals surface area contributed by atoms with E-state index in [1.165, 1.54) is 11.9 Å². The van der Waals surface area contributed by atoms with Crippen molar-refractivity contribution in [3.63, 3.8) is 0 Å². The molecule has 2 atom stereocenters. The van der Waals surface area contributed by atoms with Crippen molar-refractivity contribution in [3.05, 3.63) is 41.9 Å². The van der Waals surface area contributed by atoms with Crippen LogP contribution >= 0.6 is 11.9 Å². The molecule has 0 saturated carbocycles. The van der Waals surface area contributed by atoms with Crippen LogP contribution in [-0.4, -0.2) is 51.8 Å². The molecular formula is C26H36F3N7O2S. The van der Waals surface area contributed by atoms with Gasteiger partial charge in [-0.15, -0.1) is 0 Å². The molecule has 2 aliphatic rings. The maximum atomic E-state index is 13.4. The number of hydrazine groups is 1. The number of alkyl halides is 3. The van der Waals surface area contributed by atoms with Crippen LogP contribution in [0.2, 0.25) is 0 Å². The van der Waals surface area contributed by atoms with E-state index in [-0.39, 0.29) is 11.4 Å². The number of aromatic nitrogens is 3.